The molecule has 3 nitrogen and oxygen atoms in total. The van der Waals surface area contributed by atoms with Crippen molar-refractivity contribution in [3.05, 3.63) is 21.9 Å². The van der Waals surface area contributed by atoms with Gasteiger partial charge in [-0.25, -0.2) is 0 Å². The van der Waals surface area contributed by atoms with Gasteiger partial charge in [0, 0.05) is 11.4 Å². The topological polar surface area (TPSA) is 38.3 Å². The van der Waals surface area contributed by atoms with Gasteiger partial charge in [-0.3, -0.25) is 10.1 Å². The van der Waals surface area contributed by atoms with Crippen LogP contribution < -0.4 is 5.32 Å². The molecule has 0 aliphatic heterocycles. The van der Waals surface area contributed by atoms with Crippen LogP contribution >= 0.6 is 11.3 Å². The Hall–Kier alpha value is -0.870. The van der Waals surface area contributed by atoms with Crippen molar-refractivity contribution in [2.75, 3.05) is 6.61 Å². The Labute approximate surface area is 114 Å². The molecule has 0 fully saturated rings. The summed E-state index contributed by atoms with van der Waals surface area (Å²) in [6.07, 6.45) is 2.84. The van der Waals surface area contributed by atoms with E-state index >= 15 is 0 Å². The van der Waals surface area contributed by atoms with Crippen LogP contribution in [0.15, 0.2) is 11.4 Å². The maximum atomic E-state index is 11.8. The molecule has 0 amide bonds. The molecule has 1 rings (SSSR count). The van der Waals surface area contributed by atoms with Crippen LogP contribution in [0.3, 0.4) is 0 Å². The van der Waals surface area contributed by atoms with E-state index in [0.717, 1.165) is 25.8 Å². The van der Waals surface area contributed by atoms with Crippen molar-refractivity contribution in [1.29, 1.82) is 0 Å². The highest BCUT2D eigenvalue weighted by Gasteiger charge is 2.18. The standard InChI is InChI=1S/C14H23NO2S/c1-4-7-12(14(16)17-6-3)15-10-13-11(5-2)8-9-18-13/h8-9,12,15H,4-7,10H2,1-3H3. The molecule has 1 aromatic heterocycles. The van der Waals surface area contributed by atoms with Gasteiger partial charge in [-0.1, -0.05) is 20.3 Å². The van der Waals surface area contributed by atoms with Gasteiger partial charge < -0.3 is 4.74 Å². The fourth-order valence-electron chi connectivity index (χ4n) is 1.89. The Morgan fingerprint density at radius 1 is 1.44 bits per heavy atom. The molecule has 1 aromatic rings. The molecule has 1 atom stereocenters. The fourth-order valence-corrected chi connectivity index (χ4v) is 2.81. The number of aryl methyl sites for hydroxylation is 1. The van der Waals surface area contributed by atoms with Crippen LogP contribution in [0.25, 0.3) is 0 Å². The maximum Gasteiger partial charge on any atom is 0.323 e. The smallest absolute Gasteiger partial charge is 0.323 e. The first-order valence-corrected chi connectivity index (χ1v) is 7.56. The number of rotatable bonds is 8. The van der Waals surface area contributed by atoms with Crippen LogP contribution in [0.1, 0.15) is 44.1 Å². The summed E-state index contributed by atoms with van der Waals surface area (Å²) in [5.41, 5.74) is 1.37. The second-order valence-electron chi connectivity index (χ2n) is 4.20. The molecule has 0 aliphatic carbocycles. The van der Waals surface area contributed by atoms with Crippen LogP contribution in [0.4, 0.5) is 0 Å². The van der Waals surface area contributed by atoms with Crippen molar-refractivity contribution in [3.63, 3.8) is 0 Å². The van der Waals surface area contributed by atoms with Crippen molar-refractivity contribution in [2.24, 2.45) is 0 Å². The predicted octanol–water partition coefficient (Wildman–Crippen LogP) is 3.13. The molecule has 4 heteroatoms. The Balaban J connectivity index is 2.53. The van der Waals surface area contributed by atoms with Crippen molar-refractivity contribution < 1.29 is 9.53 Å². The molecular weight excluding hydrogens is 246 g/mol. The number of hydrogen-bond donors (Lipinski definition) is 1. The molecule has 0 bridgehead atoms. The third-order valence-corrected chi connectivity index (χ3v) is 3.84. The summed E-state index contributed by atoms with van der Waals surface area (Å²) in [7, 11) is 0. The summed E-state index contributed by atoms with van der Waals surface area (Å²) in [6.45, 7) is 7.27. The zero-order chi connectivity index (χ0) is 13.4. The average molecular weight is 269 g/mol. The van der Waals surface area contributed by atoms with Crippen LogP contribution in [-0.4, -0.2) is 18.6 Å². The van der Waals surface area contributed by atoms with Gasteiger partial charge >= 0.3 is 5.97 Å². The molecule has 0 spiro atoms. The van der Waals surface area contributed by atoms with Gasteiger partial charge in [-0.2, -0.15) is 0 Å². The second kappa shape index (κ2) is 8.27. The van der Waals surface area contributed by atoms with E-state index in [1.807, 2.05) is 6.92 Å². The quantitative estimate of drug-likeness (QED) is 0.737. The molecule has 0 saturated carbocycles. The zero-order valence-corrected chi connectivity index (χ0v) is 12.3. The summed E-state index contributed by atoms with van der Waals surface area (Å²) in [6, 6.07) is 1.97. The number of hydrogen-bond acceptors (Lipinski definition) is 4. The van der Waals surface area contributed by atoms with Gasteiger partial charge in [-0.15, -0.1) is 11.3 Å². The van der Waals surface area contributed by atoms with E-state index in [1.54, 1.807) is 11.3 Å². The average Bonchev–Trinajstić information content (AvgIpc) is 2.82. The first-order chi connectivity index (χ1) is 8.72. The van der Waals surface area contributed by atoms with Crippen LogP contribution in [0.2, 0.25) is 0 Å². The molecule has 0 radical (unpaired) electrons. The van der Waals surface area contributed by atoms with Gasteiger partial charge in [0.1, 0.15) is 6.04 Å². The third kappa shape index (κ3) is 4.42. The lowest BCUT2D eigenvalue weighted by Gasteiger charge is -2.16. The van der Waals surface area contributed by atoms with Crippen molar-refractivity contribution >= 4 is 17.3 Å². The summed E-state index contributed by atoms with van der Waals surface area (Å²) >= 11 is 1.74. The van der Waals surface area contributed by atoms with E-state index in [1.165, 1.54) is 10.4 Å². The minimum Gasteiger partial charge on any atom is -0.465 e. The molecule has 18 heavy (non-hydrogen) atoms. The summed E-state index contributed by atoms with van der Waals surface area (Å²) in [4.78, 5) is 13.1. The molecule has 0 aromatic carbocycles. The normalized spacial score (nSPS) is 12.4. The minimum absolute atomic E-state index is 0.131. The molecule has 1 unspecified atom stereocenters. The largest absolute Gasteiger partial charge is 0.465 e. The van der Waals surface area contributed by atoms with E-state index in [-0.39, 0.29) is 12.0 Å². The Morgan fingerprint density at radius 2 is 2.22 bits per heavy atom. The van der Waals surface area contributed by atoms with Crippen molar-refractivity contribution in [1.82, 2.24) is 5.32 Å². The summed E-state index contributed by atoms with van der Waals surface area (Å²) in [5, 5.41) is 5.42. The molecule has 0 aliphatic rings. The first-order valence-electron chi connectivity index (χ1n) is 6.68. The molecule has 102 valence electrons. The van der Waals surface area contributed by atoms with Crippen molar-refractivity contribution in [3.8, 4) is 0 Å². The molecule has 0 saturated heterocycles. The first kappa shape index (κ1) is 15.2. The molecule has 1 N–H and O–H groups in total. The van der Waals surface area contributed by atoms with Gasteiger partial charge in [0.15, 0.2) is 0 Å². The lowest BCUT2D eigenvalue weighted by molar-refractivity contribution is -0.145. The van der Waals surface area contributed by atoms with Gasteiger partial charge in [0.2, 0.25) is 0 Å². The van der Waals surface area contributed by atoms with Crippen LogP contribution in [0, 0.1) is 0 Å². The highest BCUT2D eigenvalue weighted by molar-refractivity contribution is 7.10. The van der Waals surface area contributed by atoms with Gasteiger partial charge in [0.25, 0.3) is 0 Å². The molecular formula is C14H23NO2S. The predicted molar refractivity (Wildman–Crippen MR) is 75.9 cm³/mol. The second-order valence-corrected chi connectivity index (χ2v) is 5.20. The summed E-state index contributed by atoms with van der Waals surface area (Å²) < 4.78 is 5.09. The number of esters is 1. The van der Waals surface area contributed by atoms with Crippen molar-refractivity contribution in [2.45, 2.75) is 52.6 Å². The molecule has 1 heterocycles. The SMILES string of the molecule is CCCC(NCc1sccc1CC)C(=O)OCC. The zero-order valence-electron chi connectivity index (χ0n) is 11.5. The Bertz CT molecular complexity index is 362. The monoisotopic (exact) mass is 269 g/mol. The number of carbonyl (C=O) groups is 1. The van der Waals surface area contributed by atoms with Gasteiger partial charge in [0.05, 0.1) is 6.61 Å². The van der Waals surface area contributed by atoms with Crippen LogP contribution in [-0.2, 0) is 22.5 Å². The van der Waals surface area contributed by atoms with E-state index in [2.05, 4.69) is 30.6 Å². The highest BCUT2D eigenvalue weighted by atomic mass is 32.1. The Morgan fingerprint density at radius 3 is 2.83 bits per heavy atom. The van der Waals surface area contributed by atoms with E-state index in [4.69, 9.17) is 4.74 Å². The maximum absolute atomic E-state index is 11.8. The minimum atomic E-state index is -0.179. The van der Waals surface area contributed by atoms with E-state index < -0.39 is 0 Å². The van der Waals surface area contributed by atoms with E-state index in [9.17, 15) is 4.79 Å². The highest BCUT2D eigenvalue weighted by Crippen LogP contribution is 2.17. The number of nitrogens with one attached hydrogen (secondary N) is 1. The van der Waals surface area contributed by atoms with Gasteiger partial charge in [-0.05, 0) is 36.8 Å². The number of carbonyl (C=O) groups excluding carboxylic acids is 1. The van der Waals surface area contributed by atoms with E-state index in [0.29, 0.717) is 6.61 Å². The Kier molecular flexibility index (Phi) is 6.98. The van der Waals surface area contributed by atoms with Crippen LogP contribution in [0.5, 0.6) is 0 Å². The summed E-state index contributed by atoms with van der Waals surface area (Å²) in [5.74, 6) is -0.131. The third-order valence-electron chi connectivity index (χ3n) is 2.88. The fraction of sp³-hybridized carbons (Fsp3) is 0.643. The lowest BCUT2D eigenvalue weighted by atomic mass is 10.1. The number of thiophene rings is 1. The number of ether oxygens (including phenoxy) is 1. The lowest BCUT2D eigenvalue weighted by Crippen LogP contribution is -2.37.